The number of furan rings is 1. The molecule has 146 valence electrons. The molecule has 0 atom stereocenters. The molecule has 1 fully saturated rings. The van der Waals surface area contributed by atoms with E-state index in [0.29, 0.717) is 35.6 Å². The van der Waals surface area contributed by atoms with Gasteiger partial charge in [-0.05, 0) is 40.2 Å². The molecule has 7 heteroatoms. The molecule has 3 aromatic rings. The SMILES string of the molecule is C=CCn1c(C(=O)N2CCN(c3ccc(OC)cc3)CC2)cc2oc(Br)cc21. The molecule has 0 spiro atoms. The van der Waals surface area contributed by atoms with Gasteiger partial charge < -0.3 is 23.5 Å². The summed E-state index contributed by atoms with van der Waals surface area (Å²) in [5, 5.41) is 0. The monoisotopic (exact) mass is 443 g/mol. The quantitative estimate of drug-likeness (QED) is 0.555. The molecule has 0 unspecified atom stereocenters. The van der Waals surface area contributed by atoms with Crippen molar-refractivity contribution in [3.8, 4) is 5.75 Å². The summed E-state index contributed by atoms with van der Waals surface area (Å²) in [7, 11) is 1.66. The summed E-state index contributed by atoms with van der Waals surface area (Å²) in [5.74, 6) is 0.871. The number of hydrogen-bond acceptors (Lipinski definition) is 4. The predicted molar refractivity (Wildman–Crippen MR) is 113 cm³/mol. The second-order valence-electron chi connectivity index (χ2n) is 6.71. The summed E-state index contributed by atoms with van der Waals surface area (Å²) in [5.41, 5.74) is 3.38. The molecule has 1 saturated heterocycles. The normalized spacial score (nSPS) is 14.5. The number of carbonyl (C=O) groups excluding carboxylic acids is 1. The Kier molecular flexibility index (Phi) is 5.17. The molecule has 0 aliphatic carbocycles. The number of carbonyl (C=O) groups is 1. The summed E-state index contributed by atoms with van der Waals surface area (Å²) < 4.78 is 13.5. The standard InChI is InChI=1S/C21H22BrN3O3/c1-3-8-25-17-14-20(22)28-19(17)13-18(25)21(26)24-11-9-23(10-12-24)15-4-6-16(27-2)7-5-15/h3-7,13-14H,1,8-12H2,2H3. The lowest BCUT2D eigenvalue weighted by molar-refractivity contribution is 0.0737. The highest BCUT2D eigenvalue weighted by molar-refractivity contribution is 9.10. The lowest BCUT2D eigenvalue weighted by Gasteiger charge is -2.36. The van der Waals surface area contributed by atoms with Gasteiger partial charge >= 0.3 is 0 Å². The Morgan fingerprint density at radius 3 is 2.57 bits per heavy atom. The summed E-state index contributed by atoms with van der Waals surface area (Å²) >= 11 is 3.35. The lowest BCUT2D eigenvalue weighted by atomic mass is 10.2. The molecule has 1 aliphatic rings. The van der Waals surface area contributed by atoms with Crippen LogP contribution >= 0.6 is 15.9 Å². The maximum atomic E-state index is 13.2. The van der Waals surface area contributed by atoms with Gasteiger partial charge in [-0.15, -0.1) is 6.58 Å². The van der Waals surface area contributed by atoms with Crippen LogP contribution in [0.25, 0.3) is 11.1 Å². The predicted octanol–water partition coefficient (Wildman–Crippen LogP) is 4.15. The largest absolute Gasteiger partial charge is 0.497 e. The van der Waals surface area contributed by atoms with Crippen molar-refractivity contribution in [1.82, 2.24) is 9.47 Å². The summed E-state index contributed by atoms with van der Waals surface area (Å²) in [6, 6.07) is 11.7. The van der Waals surface area contributed by atoms with Gasteiger partial charge in [0.1, 0.15) is 11.4 Å². The average molecular weight is 444 g/mol. The number of allylic oxidation sites excluding steroid dienone is 1. The second kappa shape index (κ2) is 7.75. The minimum atomic E-state index is 0.0266. The van der Waals surface area contributed by atoms with Crippen molar-refractivity contribution < 1.29 is 13.9 Å². The zero-order valence-electron chi connectivity index (χ0n) is 15.7. The Hall–Kier alpha value is -2.67. The Balaban J connectivity index is 1.49. The van der Waals surface area contributed by atoms with Crippen molar-refractivity contribution in [2.45, 2.75) is 6.54 Å². The highest BCUT2D eigenvalue weighted by Crippen LogP contribution is 2.28. The van der Waals surface area contributed by atoms with E-state index in [1.54, 1.807) is 13.2 Å². The molecule has 1 amide bonds. The van der Waals surface area contributed by atoms with E-state index in [1.165, 1.54) is 0 Å². The number of ether oxygens (including phenoxy) is 1. The van der Waals surface area contributed by atoms with E-state index in [0.717, 1.165) is 30.0 Å². The van der Waals surface area contributed by atoms with Crippen LogP contribution in [0.1, 0.15) is 10.5 Å². The molecular weight excluding hydrogens is 422 g/mol. The van der Waals surface area contributed by atoms with Crippen LogP contribution < -0.4 is 9.64 Å². The maximum absolute atomic E-state index is 13.2. The van der Waals surface area contributed by atoms with Crippen LogP contribution in [-0.4, -0.2) is 48.7 Å². The topological polar surface area (TPSA) is 50.9 Å². The van der Waals surface area contributed by atoms with Crippen LogP contribution in [0.3, 0.4) is 0 Å². The molecule has 0 bridgehead atoms. The third kappa shape index (κ3) is 3.42. The third-order valence-electron chi connectivity index (χ3n) is 5.09. The molecule has 1 aliphatic heterocycles. The number of nitrogens with zero attached hydrogens (tertiary/aromatic N) is 3. The first kappa shape index (κ1) is 18.7. The van der Waals surface area contributed by atoms with Crippen molar-refractivity contribution >= 4 is 38.6 Å². The Morgan fingerprint density at radius 2 is 1.93 bits per heavy atom. The molecule has 0 radical (unpaired) electrons. The van der Waals surface area contributed by atoms with Crippen molar-refractivity contribution in [2.75, 3.05) is 38.2 Å². The van der Waals surface area contributed by atoms with Crippen LogP contribution in [0.15, 0.2) is 58.1 Å². The van der Waals surface area contributed by atoms with Gasteiger partial charge in [-0.3, -0.25) is 4.79 Å². The smallest absolute Gasteiger partial charge is 0.270 e. The van der Waals surface area contributed by atoms with Crippen LogP contribution in [0.5, 0.6) is 5.75 Å². The van der Waals surface area contributed by atoms with Gasteiger partial charge in [0, 0.05) is 50.5 Å². The van der Waals surface area contributed by atoms with E-state index in [-0.39, 0.29) is 5.91 Å². The fraction of sp³-hybridized carbons (Fsp3) is 0.286. The molecule has 28 heavy (non-hydrogen) atoms. The van der Waals surface area contributed by atoms with Crippen LogP contribution in [-0.2, 0) is 6.54 Å². The molecule has 0 N–H and O–H groups in total. The number of aromatic nitrogens is 1. The minimum Gasteiger partial charge on any atom is -0.497 e. The van der Waals surface area contributed by atoms with Crippen LogP contribution in [0.4, 0.5) is 5.69 Å². The number of rotatable bonds is 5. The molecular formula is C21H22BrN3O3. The van der Waals surface area contributed by atoms with Crippen LogP contribution in [0, 0.1) is 0 Å². The maximum Gasteiger partial charge on any atom is 0.270 e. The Labute approximate surface area is 172 Å². The van der Waals surface area contributed by atoms with E-state index in [4.69, 9.17) is 9.15 Å². The van der Waals surface area contributed by atoms with Crippen molar-refractivity contribution in [3.05, 3.63) is 59.4 Å². The third-order valence-corrected chi connectivity index (χ3v) is 5.49. The summed E-state index contributed by atoms with van der Waals surface area (Å²) in [4.78, 5) is 17.3. The lowest BCUT2D eigenvalue weighted by Crippen LogP contribution is -2.49. The van der Waals surface area contributed by atoms with Gasteiger partial charge in [-0.1, -0.05) is 6.08 Å². The number of methoxy groups -OCH3 is 1. The first-order chi connectivity index (χ1) is 13.6. The highest BCUT2D eigenvalue weighted by atomic mass is 79.9. The fourth-order valence-corrected chi connectivity index (χ4v) is 4.03. The zero-order chi connectivity index (χ0) is 19.7. The first-order valence-corrected chi connectivity index (χ1v) is 9.97. The van der Waals surface area contributed by atoms with Gasteiger partial charge in [0.15, 0.2) is 10.3 Å². The Morgan fingerprint density at radius 1 is 1.21 bits per heavy atom. The van der Waals surface area contributed by atoms with E-state index < -0.39 is 0 Å². The molecule has 0 saturated carbocycles. The number of halogens is 1. The first-order valence-electron chi connectivity index (χ1n) is 9.18. The number of anilines is 1. The summed E-state index contributed by atoms with van der Waals surface area (Å²) in [6.07, 6.45) is 1.79. The number of fused-ring (bicyclic) bond motifs is 1. The summed E-state index contributed by atoms with van der Waals surface area (Å²) in [6.45, 7) is 7.31. The van der Waals surface area contributed by atoms with Gasteiger partial charge in [0.05, 0.1) is 12.6 Å². The number of amides is 1. The molecule has 3 heterocycles. The average Bonchev–Trinajstić information content (AvgIpc) is 3.25. The van der Waals surface area contributed by atoms with Gasteiger partial charge in [-0.25, -0.2) is 0 Å². The zero-order valence-corrected chi connectivity index (χ0v) is 17.3. The van der Waals surface area contributed by atoms with E-state index in [2.05, 4.69) is 39.5 Å². The fourth-order valence-electron chi connectivity index (χ4n) is 3.64. The van der Waals surface area contributed by atoms with E-state index in [9.17, 15) is 4.79 Å². The number of hydrogen-bond donors (Lipinski definition) is 0. The molecule has 2 aromatic heterocycles. The van der Waals surface area contributed by atoms with Gasteiger partial charge in [0.2, 0.25) is 0 Å². The highest BCUT2D eigenvalue weighted by Gasteiger charge is 2.26. The van der Waals surface area contributed by atoms with Gasteiger partial charge in [0.25, 0.3) is 5.91 Å². The van der Waals surface area contributed by atoms with Crippen molar-refractivity contribution in [1.29, 1.82) is 0 Å². The van der Waals surface area contributed by atoms with Crippen LogP contribution in [0.2, 0.25) is 0 Å². The molecule has 1 aromatic carbocycles. The van der Waals surface area contributed by atoms with E-state index >= 15 is 0 Å². The second-order valence-corrected chi connectivity index (χ2v) is 7.49. The number of benzene rings is 1. The number of piperazine rings is 1. The van der Waals surface area contributed by atoms with E-state index in [1.807, 2.05) is 33.7 Å². The van der Waals surface area contributed by atoms with Crippen molar-refractivity contribution in [3.63, 3.8) is 0 Å². The Bertz CT molecular complexity index is 998. The molecule has 6 nitrogen and oxygen atoms in total. The van der Waals surface area contributed by atoms with Crippen molar-refractivity contribution in [2.24, 2.45) is 0 Å². The minimum absolute atomic E-state index is 0.0266. The van der Waals surface area contributed by atoms with Gasteiger partial charge in [-0.2, -0.15) is 0 Å². The molecule has 4 rings (SSSR count).